The first-order valence-electron chi connectivity index (χ1n) is 4.72. The summed E-state index contributed by atoms with van der Waals surface area (Å²) in [6.45, 7) is 11.6. The molecule has 1 amide bonds. The summed E-state index contributed by atoms with van der Waals surface area (Å²) in [4.78, 5) is 16.6. The van der Waals surface area contributed by atoms with Gasteiger partial charge in [-0.15, -0.1) is 0 Å². The van der Waals surface area contributed by atoms with Crippen LogP contribution in [0.3, 0.4) is 0 Å². The second-order valence-corrected chi connectivity index (χ2v) is 4.71. The van der Waals surface area contributed by atoms with E-state index in [1.165, 1.54) is 0 Å². The summed E-state index contributed by atoms with van der Waals surface area (Å²) in [5.74, 6) is 0.274. The summed E-state index contributed by atoms with van der Waals surface area (Å²) in [5, 5.41) is 0. The van der Waals surface area contributed by atoms with E-state index in [-0.39, 0.29) is 17.4 Å². The van der Waals surface area contributed by atoms with Crippen molar-refractivity contribution in [2.45, 2.75) is 47.1 Å². The number of carbonyl (C=O) groups excluding carboxylic acids is 1. The van der Waals surface area contributed by atoms with E-state index in [4.69, 9.17) is 4.84 Å². The average Bonchev–Trinajstić information content (AvgIpc) is 1.97. The van der Waals surface area contributed by atoms with Crippen molar-refractivity contribution in [3.05, 3.63) is 0 Å². The maximum atomic E-state index is 11.4. The zero-order valence-electron chi connectivity index (χ0n) is 9.47. The molecule has 3 heteroatoms. The number of amides is 1. The first-order valence-corrected chi connectivity index (χ1v) is 4.72. The van der Waals surface area contributed by atoms with E-state index < -0.39 is 0 Å². The van der Waals surface area contributed by atoms with Crippen molar-refractivity contribution in [3.63, 3.8) is 0 Å². The van der Waals surface area contributed by atoms with Gasteiger partial charge in [0.15, 0.2) is 0 Å². The predicted octanol–water partition coefficient (Wildman–Crippen LogP) is 2.12. The van der Waals surface area contributed by atoms with Crippen LogP contribution in [0, 0.1) is 11.8 Å². The van der Waals surface area contributed by atoms with Gasteiger partial charge in [0.1, 0.15) is 0 Å². The zero-order valence-corrected chi connectivity index (χ0v) is 9.47. The van der Waals surface area contributed by atoms with E-state index in [2.05, 4.69) is 5.48 Å². The second kappa shape index (κ2) is 4.61. The van der Waals surface area contributed by atoms with Crippen LogP contribution in [0.15, 0.2) is 0 Å². The third-order valence-corrected chi connectivity index (χ3v) is 1.87. The van der Waals surface area contributed by atoms with Crippen LogP contribution in [0.2, 0.25) is 0 Å². The van der Waals surface area contributed by atoms with Gasteiger partial charge in [-0.1, -0.05) is 20.8 Å². The maximum Gasteiger partial charge on any atom is 0.246 e. The highest BCUT2D eigenvalue weighted by molar-refractivity contribution is 5.77. The Hall–Kier alpha value is -0.570. The fourth-order valence-electron chi connectivity index (χ4n) is 0.599. The van der Waals surface area contributed by atoms with E-state index in [9.17, 15) is 4.79 Å². The van der Waals surface area contributed by atoms with Crippen LogP contribution >= 0.6 is 0 Å². The molecule has 0 saturated carbocycles. The molecule has 0 aromatic heterocycles. The molecule has 0 rings (SSSR count). The first kappa shape index (κ1) is 12.4. The molecule has 0 aliphatic heterocycles. The number of hydrogen-bond donors (Lipinski definition) is 1. The lowest BCUT2D eigenvalue weighted by molar-refractivity contribution is -0.150. The first-order chi connectivity index (χ1) is 5.74. The van der Waals surface area contributed by atoms with Gasteiger partial charge in [-0.05, 0) is 26.7 Å². The summed E-state index contributed by atoms with van der Waals surface area (Å²) in [6.07, 6.45) is 0. The van der Waals surface area contributed by atoms with Crippen LogP contribution in [0.4, 0.5) is 0 Å². The van der Waals surface area contributed by atoms with Crippen LogP contribution in [0.1, 0.15) is 41.5 Å². The molecule has 1 N–H and O–H groups in total. The molecule has 78 valence electrons. The van der Waals surface area contributed by atoms with Gasteiger partial charge in [-0.2, -0.15) is 0 Å². The van der Waals surface area contributed by atoms with Gasteiger partial charge in [-0.3, -0.25) is 9.63 Å². The number of hydrogen-bond acceptors (Lipinski definition) is 2. The standard InChI is InChI=1S/C10H21NO2/c1-7(2)8(3)9(12)11-13-10(4,5)6/h7-8H,1-6H3,(H,11,12). The Labute approximate surface area is 80.8 Å². The monoisotopic (exact) mass is 187 g/mol. The van der Waals surface area contributed by atoms with Crippen LogP contribution < -0.4 is 5.48 Å². The highest BCUT2D eigenvalue weighted by Gasteiger charge is 2.19. The van der Waals surface area contributed by atoms with E-state index in [0.29, 0.717) is 5.92 Å². The number of carbonyl (C=O) groups is 1. The molecule has 0 spiro atoms. The summed E-state index contributed by atoms with van der Waals surface area (Å²) in [5.41, 5.74) is 2.14. The summed E-state index contributed by atoms with van der Waals surface area (Å²) in [7, 11) is 0. The molecule has 0 aliphatic rings. The van der Waals surface area contributed by atoms with Gasteiger partial charge in [0.05, 0.1) is 5.60 Å². The van der Waals surface area contributed by atoms with Crippen LogP contribution in [0.5, 0.6) is 0 Å². The smallest absolute Gasteiger partial charge is 0.246 e. The molecule has 13 heavy (non-hydrogen) atoms. The summed E-state index contributed by atoms with van der Waals surface area (Å²) < 4.78 is 0. The molecule has 3 nitrogen and oxygen atoms in total. The molecule has 0 saturated heterocycles. The Kier molecular flexibility index (Phi) is 4.40. The highest BCUT2D eigenvalue weighted by atomic mass is 16.7. The molecular formula is C10H21NO2. The van der Waals surface area contributed by atoms with Gasteiger partial charge in [0.2, 0.25) is 5.91 Å². The molecular weight excluding hydrogens is 166 g/mol. The maximum absolute atomic E-state index is 11.4. The number of nitrogens with one attached hydrogen (secondary N) is 1. The number of hydroxylamine groups is 1. The van der Waals surface area contributed by atoms with Crippen LogP contribution in [-0.2, 0) is 9.63 Å². The molecule has 0 radical (unpaired) electrons. The Balaban J connectivity index is 3.89. The Morgan fingerprint density at radius 1 is 1.23 bits per heavy atom. The minimum atomic E-state index is -0.327. The topological polar surface area (TPSA) is 38.3 Å². The number of rotatable bonds is 3. The lowest BCUT2D eigenvalue weighted by Crippen LogP contribution is -2.37. The van der Waals surface area contributed by atoms with Crippen molar-refractivity contribution < 1.29 is 9.63 Å². The average molecular weight is 187 g/mol. The van der Waals surface area contributed by atoms with Crippen molar-refractivity contribution in [3.8, 4) is 0 Å². The van der Waals surface area contributed by atoms with Gasteiger partial charge < -0.3 is 0 Å². The third kappa shape index (κ3) is 5.64. The van der Waals surface area contributed by atoms with Crippen molar-refractivity contribution in [1.29, 1.82) is 0 Å². The molecule has 0 heterocycles. The third-order valence-electron chi connectivity index (χ3n) is 1.87. The lowest BCUT2D eigenvalue weighted by atomic mass is 9.98. The Morgan fingerprint density at radius 2 is 1.69 bits per heavy atom. The largest absolute Gasteiger partial charge is 0.273 e. The lowest BCUT2D eigenvalue weighted by Gasteiger charge is -2.21. The van der Waals surface area contributed by atoms with E-state index in [0.717, 1.165) is 0 Å². The second-order valence-electron chi connectivity index (χ2n) is 4.71. The molecule has 0 aromatic rings. The van der Waals surface area contributed by atoms with Gasteiger partial charge in [-0.25, -0.2) is 5.48 Å². The van der Waals surface area contributed by atoms with Crippen molar-refractivity contribution >= 4 is 5.91 Å². The molecule has 0 aromatic carbocycles. The minimum Gasteiger partial charge on any atom is -0.273 e. The minimum absolute atomic E-state index is 0.0117. The van der Waals surface area contributed by atoms with Gasteiger partial charge in [0, 0.05) is 5.92 Å². The zero-order chi connectivity index (χ0) is 10.6. The van der Waals surface area contributed by atoms with E-state index in [1.807, 2.05) is 41.5 Å². The molecule has 0 aliphatic carbocycles. The van der Waals surface area contributed by atoms with Crippen LogP contribution in [-0.4, -0.2) is 11.5 Å². The van der Waals surface area contributed by atoms with E-state index >= 15 is 0 Å². The molecule has 0 bridgehead atoms. The molecule has 0 fully saturated rings. The molecule has 1 atom stereocenters. The highest BCUT2D eigenvalue weighted by Crippen LogP contribution is 2.10. The van der Waals surface area contributed by atoms with Crippen LogP contribution in [0.25, 0.3) is 0 Å². The normalized spacial score (nSPS) is 14.4. The Bertz CT molecular complexity index is 170. The van der Waals surface area contributed by atoms with Crippen molar-refractivity contribution in [2.24, 2.45) is 11.8 Å². The van der Waals surface area contributed by atoms with Crippen molar-refractivity contribution in [2.75, 3.05) is 0 Å². The fourth-order valence-corrected chi connectivity index (χ4v) is 0.599. The van der Waals surface area contributed by atoms with Gasteiger partial charge in [0.25, 0.3) is 0 Å². The Morgan fingerprint density at radius 3 is 2.00 bits per heavy atom. The molecule has 1 unspecified atom stereocenters. The fraction of sp³-hybridized carbons (Fsp3) is 0.900. The van der Waals surface area contributed by atoms with Crippen molar-refractivity contribution in [1.82, 2.24) is 5.48 Å². The summed E-state index contributed by atoms with van der Waals surface area (Å²) in [6, 6.07) is 0. The summed E-state index contributed by atoms with van der Waals surface area (Å²) >= 11 is 0. The quantitative estimate of drug-likeness (QED) is 0.687. The van der Waals surface area contributed by atoms with E-state index in [1.54, 1.807) is 0 Å². The SMILES string of the molecule is CC(C)C(C)C(=O)NOC(C)(C)C. The van der Waals surface area contributed by atoms with Gasteiger partial charge >= 0.3 is 0 Å². The predicted molar refractivity (Wildman–Crippen MR) is 53.0 cm³/mol.